The van der Waals surface area contributed by atoms with E-state index in [-0.39, 0.29) is 11.3 Å². The third kappa shape index (κ3) is 2.62. The second-order valence-electron chi connectivity index (χ2n) is 6.87. The first kappa shape index (κ1) is 17.7. The molecule has 1 fully saturated rings. The smallest absolute Gasteiger partial charge is 0.219 e. The number of carbonyl (C=O) groups excluding carboxylic acids is 1. The molecule has 26 heavy (non-hydrogen) atoms. The molecule has 5 nitrogen and oxygen atoms in total. The number of halogens is 1. The van der Waals surface area contributed by atoms with Crippen LogP contribution < -0.4 is 10.3 Å². The van der Waals surface area contributed by atoms with Crippen molar-refractivity contribution in [1.82, 2.24) is 9.47 Å². The van der Waals surface area contributed by atoms with Gasteiger partial charge in [-0.3, -0.25) is 9.59 Å². The van der Waals surface area contributed by atoms with Crippen LogP contribution in [0.25, 0.3) is 10.9 Å². The lowest BCUT2D eigenvalue weighted by atomic mass is 10.1. The van der Waals surface area contributed by atoms with Crippen molar-refractivity contribution in [3.63, 3.8) is 0 Å². The summed E-state index contributed by atoms with van der Waals surface area (Å²) >= 11 is 8.33. The van der Waals surface area contributed by atoms with E-state index in [1.54, 1.807) is 18.7 Å². The van der Waals surface area contributed by atoms with Crippen molar-refractivity contribution >= 4 is 45.9 Å². The van der Waals surface area contributed by atoms with Gasteiger partial charge in [0.25, 0.3) is 0 Å². The first-order valence-electron chi connectivity index (χ1n) is 9.00. The molecule has 0 saturated carbocycles. The highest BCUT2D eigenvalue weighted by Gasteiger charge is 2.30. The molecule has 0 aliphatic carbocycles. The number of amides is 1. The minimum absolute atomic E-state index is 0.1000. The van der Waals surface area contributed by atoms with Gasteiger partial charge >= 0.3 is 0 Å². The molecule has 4 rings (SSSR count). The summed E-state index contributed by atoms with van der Waals surface area (Å²) in [4.78, 5) is 28.5. The van der Waals surface area contributed by atoms with Crippen LogP contribution in [0.15, 0.2) is 22.0 Å². The molecule has 2 aromatic rings. The average Bonchev–Trinajstić information content (AvgIpc) is 2.61. The van der Waals surface area contributed by atoms with Crippen LogP contribution in [0.2, 0.25) is 5.02 Å². The Morgan fingerprint density at radius 1 is 1.27 bits per heavy atom. The molecule has 1 saturated heterocycles. The maximum atomic E-state index is 12.9. The highest BCUT2D eigenvalue weighted by atomic mass is 35.5. The highest BCUT2D eigenvalue weighted by Crippen LogP contribution is 2.47. The number of thioether (sulfide) groups is 1. The summed E-state index contributed by atoms with van der Waals surface area (Å²) in [5, 5.41) is 2.72. The third-order valence-electron chi connectivity index (χ3n) is 5.39. The minimum atomic E-state index is 0.1000. The summed E-state index contributed by atoms with van der Waals surface area (Å²) in [7, 11) is 0. The molecule has 0 radical (unpaired) electrons. The summed E-state index contributed by atoms with van der Waals surface area (Å²) < 4.78 is 2.26. The van der Waals surface area contributed by atoms with Gasteiger partial charge in [0.05, 0.1) is 26.6 Å². The van der Waals surface area contributed by atoms with Crippen molar-refractivity contribution in [1.29, 1.82) is 0 Å². The van der Waals surface area contributed by atoms with E-state index in [2.05, 4.69) is 22.5 Å². The van der Waals surface area contributed by atoms with Crippen molar-refractivity contribution in [2.45, 2.75) is 37.6 Å². The summed E-state index contributed by atoms with van der Waals surface area (Å²) in [6, 6.07) is 3.88. The Balaban J connectivity index is 1.80. The summed E-state index contributed by atoms with van der Waals surface area (Å²) in [6.45, 7) is 8.68. The molecule has 0 bridgehead atoms. The van der Waals surface area contributed by atoms with Gasteiger partial charge in [-0.05, 0) is 25.5 Å². The van der Waals surface area contributed by atoms with E-state index >= 15 is 0 Å². The van der Waals surface area contributed by atoms with Gasteiger partial charge in [-0.25, -0.2) is 0 Å². The van der Waals surface area contributed by atoms with Gasteiger partial charge in [0.2, 0.25) is 5.91 Å². The van der Waals surface area contributed by atoms with Crippen LogP contribution in [0.4, 0.5) is 5.69 Å². The number of pyridine rings is 1. The van der Waals surface area contributed by atoms with Crippen LogP contribution in [-0.2, 0) is 11.2 Å². The molecule has 1 unspecified atom stereocenters. The fourth-order valence-electron chi connectivity index (χ4n) is 3.92. The molecule has 2 aliphatic heterocycles. The second kappa shape index (κ2) is 6.50. The van der Waals surface area contributed by atoms with Gasteiger partial charge in [0, 0.05) is 44.1 Å². The number of anilines is 1. The quantitative estimate of drug-likeness (QED) is 0.785. The Kier molecular flexibility index (Phi) is 4.43. The zero-order valence-electron chi connectivity index (χ0n) is 15.2. The van der Waals surface area contributed by atoms with E-state index in [0.29, 0.717) is 28.9 Å². The SMILES string of the molecule is CCc1c2n(c3cc(N4CCN(C(C)=O)CC4)c(Cl)cc3c1=O)C(C)S2. The molecule has 138 valence electrons. The lowest BCUT2D eigenvalue weighted by Gasteiger charge is -2.37. The van der Waals surface area contributed by atoms with E-state index < -0.39 is 0 Å². The lowest BCUT2D eigenvalue weighted by Crippen LogP contribution is -2.48. The van der Waals surface area contributed by atoms with Crippen molar-refractivity contribution in [3.05, 3.63) is 32.9 Å². The number of benzene rings is 1. The van der Waals surface area contributed by atoms with Gasteiger partial charge in [0.1, 0.15) is 0 Å². The number of carbonyl (C=O) groups is 1. The fourth-order valence-corrected chi connectivity index (χ4v) is 5.44. The van der Waals surface area contributed by atoms with E-state index in [1.807, 2.05) is 17.9 Å². The largest absolute Gasteiger partial charge is 0.367 e. The van der Waals surface area contributed by atoms with Crippen LogP contribution in [0, 0.1) is 0 Å². The van der Waals surface area contributed by atoms with Gasteiger partial charge in [0.15, 0.2) is 5.43 Å². The van der Waals surface area contributed by atoms with Crippen molar-refractivity contribution in [2.24, 2.45) is 0 Å². The number of nitrogens with zero attached hydrogens (tertiary/aromatic N) is 3. The van der Waals surface area contributed by atoms with Gasteiger partial charge < -0.3 is 14.4 Å². The molecular weight excluding hydrogens is 370 g/mol. The Morgan fingerprint density at radius 3 is 2.54 bits per heavy atom. The van der Waals surface area contributed by atoms with Crippen LogP contribution in [0.5, 0.6) is 0 Å². The average molecular weight is 392 g/mol. The summed E-state index contributed by atoms with van der Waals surface area (Å²) in [5.41, 5.74) is 2.90. The van der Waals surface area contributed by atoms with Crippen molar-refractivity contribution in [3.8, 4) is 0 Å². The van der Waals surface area contributed by atoms with Gasteiger partial charge in [-0.1, -0.05) is 30.3 Å². The summed E-state index contributed by atoms with van der Waals surface area (Å²) in [6.07, 6.45) is 0.732. The topological polar surface area (TPSA) is 45.5 Å². The normalized spacial score (nSPS) is 19.5. The van der Waals surface area contributed by atoms with Crippen molar-refractivity contribution < 1.29 is 4.79 Å². The van der Waals surface area contributed by atoms with Crippen LogP contribution in [-0.4, -0.2) is 41.6 Å². The first-order valence-corrected chi connectivity index (χ1v) is 10.3. The fraction of sp³-hybridized carbons (Fsp3) is 0.474. The predicted molar refractivity (Wildman–Crippen MR) is 108 cm³/mol. The number of aromatic nitrogens is 1. The molecule has 3 heterocycles. The number of piperazine rings is 1. The van der Waals surface area contributed by atoms with E-state index in [1.165, 1.54) is 0 Å². The molecule has 2 aliphatic rings. The molecule has 1 atom stereocenters. The number of rotatable bonds is 2. The van der Waals surface area contributed by atoms with Gasteiger partial charge in [-0.15, -0.1) is 0 Å². The monoisotopic (exact) mass is 391 g/mol. The van der Waals surface area contributed by atoms with Crippen LogP contribution in [0.3, 0.4) is 0 Å². The molecule has 0 N–H and O–H groups in total. The molecular formula is C19H22ClN3O2S. The van der Waals surface area contributed by atoms with E-state index in [4.69, 9.17) is 11.6 Å². The Bertz CT molecular complexity index is 964. The first-order chi connectivity index (χ1) is 12.4. The zero-order chi connectivity index (χ0) is 18.6. The maximum absolute atomic E-state index is 12.9. The molecule has 1 aromatic carbocycles. The maximum Gasteiger partial charge on any atom is 0.219 e. The van der Waals surface area contributed by atoms with E-state index in [0.717, 1.165) is 41.3 Å². The minimum Gasteiger partial charge on any atom is -0.367 e. The predicted octanol–water partition coefficient (Wildman–Crippen LogP) is 3.51. The Morgan fingerprint density at radius 2 is 1.96 bits per heavy atom. The van der Waals surface area contributed by atoms with Crippen molar-refractivity contribution in [2.75, 3.05) is 31.1 Å². The zero-order valence-corrected chi connectivity index (χ0v) is 16.8. The Hall–Kier alpha value is -1.66. The second-order valence-corrected chi connectivity index (χ2v) is 8.58. The lowest BCUT2D eigenvalue weighted by molar-refractivity contribution is -0.129. The van der Waals surface area contributed by atoms with Crippen LogP contribution >= 0.6 is 23.4 Å². The molecule has 1 amide bonds. The van der Waals surface area contributed by atoms with E-state index in [9.17, 15) is 9.59 Å². The Labute approximate surface area is 161 Å². The third-order valence-corrected chi connectivity index (χ3v) is 6.91. The molecule has 7 heteroatoms. The standard InChI is InChI=1S/C19H22ClN3O2S/c1-4-13-18(25)14-9-15(20)17(10-16(14)23-12(3)26-19(13)23)22-7-5-21(6-8-22)11(2)24/h9-10,12H,4-8H2,1-3H3. The number of hydrogen-bond acceptors (Lipinski definition) is 4. The molecule has 1 aromatic heterocycles. The highest BCUT2D eigenvalue weighted by molar-refractivity contribution is 8.00. The number of fused-ring (bicyclic) bond motifs is 3. The number of hydrogen-bond donors (Lipinski definition) is 0. The van der Waals surface area contributed by atoms with Crippen LogP contribution in [0.1, 0.15) is 31.7 Å². The molecule has 0 spiro atoms. The van der Waals surface area contributed by atoms with Gasteiger partial charge in [-0.2, -0.15) is 0 Å². The summed E-state index contributed by atoms with van der Waals surface area (Å²) in [5.74, 6) is 0.111.